The summed E-state index contributed by atoms with van der Waals surface area (Å²) in [6, 6.07) is 0. The van der Waals surface area contributed by atoms with Crippen LogP contribution in [0.2, 0.25) is 0 Å². The molecule has 15 nitrogen and oxygen atoms in total. The van der Waals surface area contributed by atoms with Crippen molar-refractivity contribution in [2.24, 2.45) is 39.6 Å². The number of hydrogen-bond acceptors (Lipinski definition) is 13. The van der Waals surface area contributed by atoms with E-state index >= 15 is 0 Å². The number of esters is 1. The van der Waals surface area contributed by atoms with Gasteiger partial charge in [0.05, 0.1) is 29.3 Å². The summed E-state index contributed by atoms with van der Waals surface area (Å²) >= 11 is 0. The van der Waals surface area contributed by atoms with Crippen LogP contribution in [0.3, 0.4) is 0 Å². The highest BCUT2D eigenvalue weighted by Crippen LogP contribution is 2.47. The van der Waals surface area contributed by atoms with E-state index in [-0.39, 0.29) is 80.3 Å². The van der Waals surface area contributed by atoms with Crippen LogP contribution in [0.4, 0.5) is 5.69 Å². The summed E-state index contributed by atoms with van der Waals surface area (Å²) in [7, 11) is 0. The smallest absolute Gasteiger partial charge is 0.317 e. The normalized spacial score (nSPS) is 26.5. The number of carboxylic acids is 1. The van der Waals surface area contributed by atoms with Crippen LogP contribution in [-0.4, -0.2) is 98.9 Å². The third-order valence-corrected chi connectivity index (χ3v) is 12.6. The van der Waals surface area contributed by atoms with Gasteiger partial charge in [0, 0.05) is 61.3 Å². The summed E-state index contributed by atoms with van der Waals surface area (Å²) < 4.78 is 18.3. The predicted molar refractivity (Wildman–Crippen MR) is 248 cm³/mol. The van der Waals surface area contributed by atoms with E-state index in [1.807, 2.05) is 33.8 Å². The lowest BCUT2D eigenvalue weighted by atomic mass is 9.80. The van der Waals surface area contributed by atoms with Gasteiger partial charge in [0.2, 0.25) is 0 Å². The number of rotatable bonds is 9. The van der Waals surface area contributed by atoms with Crippen LogP contribution in [0.1, 0.15) is 124 Å². The van der Waals surface area contributed by atoms with E-state index in [0.717, 1.165) is 19.6 Å². The highest BCUT2D eigenvalue weighted by molar-refractivity contribution is 6.18. The van der Waals surface area contributed by atoms with E-state index < -0.39 is 65.5 Å². The first-order valence-electron chi connectivity index (χ1n) is 23.0. The minimum absolute atomic E-state index is 0.0556. The average Bonchev–Trinajstić information content (AvgIpc) is 3.58. The van der Waals surface area contributed by atoms with E-state index in [4.69, 9.17) is 19.2 Å². The molecule has 2 bridgehead atoms. The second kappa shape index (κ2) is 21.0. The number of aromatic hydroxyl groups is 2. The van der Waals surface area contributed by atoms with E-state index in [1.54, 1.807) is 45.1 Å². The highest BCUT2D eigenvalue weighted by Gasteiger charge is 2.42. The van der Waals surface area contributed by atoms with E-state index in [2.05, 4.69) is 29.1 Å². The lowest BCUT2D eigenvalue weighted by Gasteiger charge is -2.40. The molecule has 5 N–H and O–H groups in total. The van der Waals surface area contributed by atoms with Crippen molar-refractivity contribution in [1.29, 1.82) is 0 Å². The standard InChI is InChI=1S/C50H70N4O11/c1-12-63-47-32(8)43(59)39-38-37(47)34(55)19-14-13-17-29(5)45(64-36(58)25-35(56)57)33(9)46(65-49(10,11)62)31(7)24-28(4)16-15-18-30(6)48(61)51-42(44(39)60)41-40(38)52-50(53-41)20-22-54(23-21-50)26-27(2)3/h13-16,18,27-29,31,33,45-46,52,59-60,62H,12,17,19-26H2,1-11H3,(H,56,57)/b14-13+,16-15+,30-18-,51-42?/t28-,29+,31+,33-,45+,46+/m0/s1. The van der Waals surface area contributed by atoms with E-state index in [9.17, 15) is 39.6 Å². The number of ether oxygens (including phenoxy) is 3. The fourth-order valence-corrected chi connectivity index (χ4v) is 9.56. The first kappa shape index (κ1) is 50.9. The van der Waals surface area contributed by atoms with Crippen molar-refractivity contribution in [3.63, 3.8) is 0 Å². The van der Waals surface area contributed by atoms with E-state index in [1.165, 1.54) is 13.8 Å². The predicted octanol–water partition coefficient (Wildman–Crippen LogP) is 7.07. The quantitative estimate of drug-likeness (QED) is 0.0560. The summed E-state index contributed by atoms with van der Waals surface area (Å²) in [4.78, 5) is 65.3. The summed E-state index contributed by atoms with van der Waals surface area (Å²) in [6.45, 7) is 22.6. The van der Waals surface area contributed by atoms with Crippen LogP contribution in [-0.2, 0) is 23.9 Å². The highest BCUT2D eigenvalue weighted by atomic mass is 16.6. The summed E-state index contributed by atoms with van der Waals surface area (Å²) in [6.07, 6.45) is 8.43. The first-order valence-corrected chi connectivity index (χ1v) is 23.0. The Hall–Kier alpha value is -5.12. The van der Waals surface area contributed by atoms with Crippen molar-refractivity contribution in [3.05, 3.63) is 57.8 Å². The Morgan fingerprint density at radius 1 is 0.985 bits per heavy atom. The fraction of sp³-hybridized carbons (Fsp3) is 0.600. The lowest BCUT2D eigenvalue weighted by molar-refractivity contribution is -0.237. The SMILES string of the molecule is CCOc1c(C)c(O)c2c(O)c3c4c(c2c1C(=O)C/C=C/C[C@@H](C)[C@@H](OC(=O)CC(=O)O)[C@H](C)[C@H](OC(C)(C)O)[C@H](C)C[C@@H](C)/C=C/C=C(/C)C(=O)N=3)NC1(CCN(CC(C)C)CC1)N=4. The summed E-state index contributed by atoms with van der Waals surface area (Å²) in [5, 5.41) is 48.3. The molecule has 0 aromatic heterocycles. The molecule has 0 radical (unpaired) electrons. The average molecular weight is 903 g/mol. The first-order chi connectivity index (χ1) is 30.5. The molecule has 15 heteroatoms. The molecule has 1 fully saturated rings. The van der Waals surface area contributed by atoms with Gasteiger partial charge in [-0.25, -0.2) is 4.99 Å². The topological polar surface area (TPSA) is 217 Å². The molecule has 1 spiro atoms. The molecule has 1 amide bonds. The molecule has 3 aliphatic rings. The minimum atomic E-state index is -1.56. The van der Waals surface area contributed by atoms with Gasteiger partial charge < -0.3 is 44.9 Å². The second-order valence-electron chi connectivity index (χ2n) is 19.3. The van der Waals surface area contributed by atoms with Crippen molar-refractivity contribution in [1.82, 2.24) is 4.90 Å². The number of hydrogen-bond donors (Lipinski definition) is 5. The maximum absolute atomic E-state index is 14.7. The van der Waals surface area contributed by atoms with Crippen molar-refractivity contribution in [3.8, 4) is 17.2 Å². The van der Waals surface area contributed by atoms with Gasteiger partial charge in [0.15, 0.2) is 17.3 Å². The molecule has 2 aromatic rings. The molecular weight excluding hydrogens is 833 g/mol. The zero-order valence-electron chi connectivity index (χ0n) is 40.0. The van der Waals surface area contributed by atoms with E-state index in [0.29, 0.717) is 37.3 Å². The molecule has 3 aliphatic heterocycles. The van der Waals surface area contributed by atoms with Gasteiger partial charge >= 0.3 is 11.9 Å². The third-order valence-electron chi connectivity index (χ3n) is 12.6. The Balaban J connectivity index is 1.73. The minimum Gasteiger partial charge on any atom is -0.507 e. The number of aliphatic carboxylic acids is 1. The second-order valence-corrected chi connectivity index (χ2v) is 19.3. The van der Waals surface area contributed by atoms with Crippen molar-refractivity contribution in [2.75, 3.05) is 31.6 Å². The number of phenolic OH excluding ortho intramolecular Hbond substituents is 2. The van der Waals surface area contributed by atoms with Crippen LogP contribution < -0.4 is 20.8 Å². The number of carbonyl (C=O) groups is 4. The number of likely N-dealkylation sites (tertiary alicyclic amines) is 1. The third kappa shape index (κ3) is 12.0. The van der Waals surface area contributed by atoms with Gasteiger partial charge in [0.25, 0.3) is 5.91 Å². The molecule has 3 heterocycles. The molecule has 5 rings (SSSR count). The number of phenols is 2. The zero-order valence-corrected chi connectivity index (χ0v) is 40.0. The van der Waals surface area contributed by atoms with Gasteiger partial charge in [-0.3, -0.25) is 24.2 Å². The molecule has 0 saturated carbocycles. The number of carboxylic acid groups (broad SMARTS) is 1. The Morgan fingerprint density at radius 2 is 1.66 bits per heavy atom. The van der Waals surface area contributed by atoms with Crippen molar-refractivity contribution < 1.29 is 53.8 Å². The fourth-order valence-electron chi connectivity index (χ4n) is 9.56. The van der Waals surface area contributed by atoms with Gasteiger partial charge in [-0.05, 0) is 71.1 Å². The number of nitrogens with one attached hydrogen (secondary N) is 1. The molecule has 2 aromatic carbocycles. The van der Waals surface area contributed by atoms with Gasteiger partial charge in [-0.1, -0.05) is 71.9 Å². The Bertz CT molecular complexity index is 2350. The summed E-state index contributed by atoms with van der Waals surface area (Å²) in [5.41, 5.74) is 0.140. The van der Waals surface area contributed by atoms with Gasteiger partial charge in [-0.2, -0.15) is 0 Å². The molecule has 356 valence electrons. The number of benzene rings is 2. The Morgan fingerprint density at radius 3 is 2.28 bits per heavy atom. The molecule has 1 saturated heterocycles. The Labute approximate surface area is 382 Å². The number of aliphatic hydroxyl groups is 1. The van der Waals surface area contributed by atoms with Crippen molar-refractivity contribution in [2.45, 2.75) is 138 Å². The van der Waals surface area contributed by atoms with Crippen LogP contribution in [0.15, 0.2) is 45.9 Å². The summed E-state index contributed by atoms with van der Waals surface area (Å²) in [5.74, 6) is -6.20. The number of ketones is 1. The number of carbonyl (C=O) groups excluding carboxylic acids is 3. The maximum atomic E-state index is 14.7. The lowest BCUT2D eigenvalue weighted by Crippen LogP contribution is -2.47. The number of piperidine rings is 1. The molecule has 6 atom stereocenters. The largest absolute Gasteiger partial charge is 0.507 e. The number of Topliss-reactive ketones (excluding diaryl/α,β-unsaturated/α-hetero) is 1. The monoisotopic (exact) mass is 903 g/mol. The molecule has 65 heavy (non-hydrogen) atoms. The van der Waals surface area contributed by atoms with Crippen LogP contribution in [0.25, 0.3) is 10.8 Å². The number of amides is 1. The van der Waals surface area contributed by atoms with Gasteiger partial charge in [0.1, 0.15) is 40.4 Å². The Kier molecular flexibility index (Phi) is 16.4. The molecule has 0 unspecified atom stereocenters. The van der Waals surface area contributed by atoms with Crippen LogP contribution in [0.5, 0.6) is 17.2 Å². The van der Waals surface area contributed by atoms with Gasteiger partial charge in [-0.15, -0.1) is 0 Å². The zero-order chi connectivity index (χ0) is 48.1. The number of anilines is 1. The maximum Gasteiger partial charge on any atom is 0.317 e. The number of allylic oxidation sites excluding steroid dienone is 5. The molecule has 0 aliphatic carbocycles. The number of nitrogens with zero attached hydrogens (tertiary/aromatic N) is 3. The van der Waals surface area contributed by atoms with Crippen molar-refractivity contribution >= 4 is 40.1 Å². The van der Waals surface area contributed by atoms with Crippen LogP contribution in [0, 0.1) is 36.5 Å². The van der Waals surface area contributed by atoms with Crippen LogP contribution >= 0.6 is 0 Å². The molecular formula is C50H70N4O11.